The standard InChI is InChI=1S/C58H40N2/c1-4-19-41(20-5-1)48-28-12-13-29-50(48)52-30-14-16-33-56(52)60-57-34-17-15-31-53(57)54-38-36-46(40-58(54)60)59(44-25-8-3-9-26-44)45-35-37-51(55(39-45)43-21-6-2-7-22-43)49-32-18-24-42-23-10-11-27-47(42)49/h1-40H. The summed E-state index contributed by atoms with van der Waals surface area (Å²) in [6, 6.07) is 87.9. The van der Waals surface area contributed by atoms with Crippen molar-refractivity contribution in [3.05, 3.63) is 243 Å². The summed E-state index contributed by atoms with van der Waals surface area (Å²) in [6.07, 6.45) is 0. The molecule has 11 aromatic rings. The molecule has 0 aliphatic heterocycles. The van der Waals surface area contributed by atoms with Gasteiger partial charge in [0.15, 0.2) is 0 Å². The van der Waals surface area contributed by atoms with E-state index in [4.69, 9.17) is 0 Å². The Morgan fingerprint density at radius 2 is 0.783 bits per heavy atom. The normalized spacial score (nSPS) is 11.3. The number of anilines is 3. The van der Waals surface area contributed by atoms with Crippen molar-refractivity contribution in [2.75, 3.05) is 4.90 Å². The Morgan fingerprint density at radius 1 is 0.267 bits per heavy atom. The van der Waals surface area contributed by atoms with E-state index in [1.54, 1.807) is 0 Å². The molecular formula is C58H40N2. The number of rotatable bonds is 8. The van der Waals surface area contributed by atoms with Crippen LogP contribution < -0.4 is 4.90 Å². The number of aromatic nitrogens is 1. The van der Waals surface area contributed by atoms with Gasteiger partial charge in [0.05, 0.1) is 16.7 Å². The number of para-hydroxylation sites is 3. The first-order chi connectivity index (χ1) is 29.8. The van der Waals surface area contributed by atoms with Crippen LogP contribution in [0.3, 0.4) is 0 Å². The van der Waals surface area contributed by atoms with Gasteiger partial charge in [0, 0.05) is 33.4 Å². The molecule has 2 heteroatoms. The predicted molar refractivity (Wildman–Crippen MR) is 255 cm³/mol. The van der Waals surface area contributed by atoms with Gasteiger partial charge in [-0.2, -0.15) is 0 Å². The van der Waals surface area contributed by atoms with Crippen LogP contribution in [0.25, 0.3) is 82.8 Å². The lowest BCUT2D eigenvalue weighted by Crippen LogP contribution is -2.10. The second-order valence-corrected chi connectivity index (χ2v) is 15.3. The summed E-state index contributed by atoms with van der Waals surface area (Å²) in [5.41, 5.74) is 16.3. The summed E-state index contributed by atoms with van der Waals surface area (Å²) >= 11 is 0. The highest BCUT2D eigenvalue weighted by atomic mass is 15.1. The van der Waals surface area contributed by atoms with Gasteiger partial charge in [-0.3, -0.25) is 0 Å². The summed E-state index contributed by atoms with van der Waals surface area (Å²) in [5, 5.41) is 4.92. The fourth-order valence-electron chi connectivity index (χ4n) is 9.09. The molecule has 282 valence electrons. The van der Waals surface area contributed by atoms with Crippen molar-refractivity contribution < 1.29 is 0 Å². The molecule has 0 unspecified atom stereocenters. The lowest BCUT2D eigenvalue weighted by Gasteiger charge is -2.27. The van der Waals surface area contributed by atoms with Crippen LogP contribution in [0.4, 0.5) is 17.1 Å². The maximum atomic E-state index is 2.47. The topological polar surface area (TPSA) is 8.17 Å². The second kappa shape index (κ2) is 15.1. The molecule has 10 aromatic carbocycles. The van der Waals surface area contributed by atoms with Gasteiger partial charge in [-0.15, -0.1) is 0 Å². The molecule has 0 N–H and O–H groups in total. The Bertz CT molecular complexity index is 3300. The van der Waals surface area contributed by atoms with Crippen molar-refractivity contribution in [2.45, 2.75) is 0 Å². The maximum absolute atomic E-state index is 2.47. The Morgan fingerprint density at radius 3 is 1.57 bits per heavy atom. The van der Waals surface area contributed by atoms with Crippen LogP contribution in [0.15, 0.2) is 243 Å². The van der Waals surface area contributed by atoms with Gasteiger partial charge in [0.2, 0.25) is 0 Å². The van der Waals surface area contributed by atoms with Crippen LogP contribution in [0.5, 0.6) is 0 Å². The summed E-state index contributed by atoms with van der Waals surface area (Å²) in [7, 11) is 0. The highest BCUT2D eigenvalue weighted by Crippen LogP contribution is 2.45. The molecule has 0 aliphatic rings. The van der Waals surface area contributed by atoms with E-state index in [2.05, 4.69) is 252 Å². The Kier molecular flexibility index (Phi) is 8.87. The van der Waals surface area contributed by atoms with E-state index in [-0.39, 0.29) is 0 Å². The van der Waals surface area contributed by atoms with Gasteiger partial charge in [0.25, 0.3) is 0 Å². The number of nitrogens with zero attached hydrogens (tertiary/aromatic N) is 2. The SMILES string of the molecule is c1ccc(-c2ccccc2-c2ccccc2-n2c3ccccc3c3ccc(N(c4ccccc4)c4ccc(-c5cccc6ccccc56)c(-c5ccccc5)c4)cc32)cc1. The molecule has 1 heterocycles. The number of benzene rings is 10. The molecule has 1 aromatic heterocycles. The van der Waals surface area contributed by atoms with Crippen molar-refractivity contribution >= 4 is 49.6 Å². The summed E-state index contributed by atoms with van der Waals surface area (Å²) in [4.78, 5) is 2.40. The Labute approximate surface area is 350 Å². The van der Waals surface area contributed by atoms with Crippen LogP contribution in [-0.2, 0) is 0 Å². The van der Waals surface area contributed by atoms with Crippen LogP contribution >= 0.6 is 0 Å². The van der Waals surface area contributed by atoms with Crippen LogP contribution in [0, 0.1) is 0 Å². The zero-order valence-corrected chi connectivity index (χ0v) is 33.0. The summed E-state index contributed by atoms with van der Waals surface area (Å²) in [6.45, 7) is 0. The molecule has 11 rings (SSSR count). The van der Waals surface area contributed by atoms with Crippen molar-refractivity contribution in [1.29, 1.82) is 0 Å². The molecule has 60 heavy (non-hydrogen) atoms. The van der Waals surface area contributed by atoms with Gasteiger partial charge in [-0.1, -0.05) is 194 Å². The Hall–Kier alpha value is -7.94. The van der Waals surface area contributed by atoms with Gasteiger partial charge in [0.1, 0.15) is 0 Å². The lowest BCUT2D eigenvalue weighted by molar-refractivity contribution is 1.18. The van der Waals surface area contributed by atoms with Crippen LogP contribution in [0.2, 0.25) is 0 Å². The maximum Gasteiger partial charge on any atom is 0.0562 e. The van der Waals surface area contributed by atoms with E-state index in [0.29, 0.717) is 0 Å². The molecule has 0 spiro atoms. The molecule has 0 aliphatic carbocycles. The summed E-state index contributed by atoms with van der Waals surface area (Å²) < 4.78 is 2.47. The van der Waals surface area contributed by atoms with E-state index >= 15 is 0 Å². The fourth-order valence-corrected chi connectivity index (χ4v) is 9.09. The molecule has 0 saturated carbocycles. The molecule has 0 saturated heterocycles. The van der Waals surface area contributed by atoms with E-state index in [1.165, 1.54) is 71.6 Å². The third-order valence-corrected chi connectivity index (χ3v) is 11.8. The van der Waals surface area contributed by atoms with E-state index in [0.717, 1.165) is 28.3 Å². The third-order valence-electron chi connectivity index (χ3n) is 11.8. The first-order valence-electron chi connectivity index (χ1n) is 20.6. The third kappa shape index (κ3) is 6.14. The minimum Gasteiger partial charge on any atom is -0.310 e. The average Bonchev–Trinajstić information content (AvgIpc) is 3.66. The van der Waals surface area contributed by atoms with E-state index in [9.17, 15) is 0 Å². The molecule has 0 fully saturated rings. The monoisotopic (exact) mass is 764 g/mol. The summed E-state index contributed by atoms with van der Waals surface area (Å²) in [5.74, 6) is 0. The van der Waals surface area contributed by atoms with Gasteiger partial charge in [-0.25, -0.2) is 0 Å². The second-order valence-electron chi connectivity index (χ2n) is 15.3. The first kappa shape index (κ1) is 35.2. The van der Waals surface area contributed by atoms with Gasteiger partial charge >= 0.3 is 0 Å². The molecule has 0 bridgehead atoms. The molecular weight excluding hydrogens is 725 g/mol. The van der Waals surface area contributed by atoms with Crippen molar-refractivity contribution in [2.24, 2.45) is 0 Å². The fraction of sp³-hybridized carbons (Fsp3) is 0. The Balaban J connectivity index is 1.14. The first-order valence-corrected chi connectivity index (χ1v) is 20.6. The molecule has 0 atom stereocenters. The highest BCUT2D eigenvalue weighted by Gasteiger charge is 2.21. The zero-order chi connectivity index (χ0) is 39.8. The van der Waals surface area contributed by atoms with Crippen LogP contribution in [0.1, 0.15) is 0 Å². The van der Waals surface area contributed by atoms with E-state index < -0.39 is 0 Å². The van der Waals surface area contributed by atoms with Gasteiger partial charge < -0.3 is 9.47 Å². The van der Waals surface area contributed by atoms with Crippen molar-refractivity contribution in [3.8, 4) is 50.2 Å². The zero-order valence-electron chi connectivity index (χ0n) is 33.0. The molecule has 2 nitrogen and oxygen atoms in total. The van der Waals surface area contributed by atoms with Crippen molar-refractivity contribution in [3.63, 3.8) is 0 Å². The largest absolute Gasteiger partial charge is 0.310 e. The number of fused-ring (bicyclic) bond motifs is 4. The minimum absolute atomic E-state index is 1.08. The number of hydrogen-bond donors (Lipinski definition) is 0. The smallest absolute Gasteiger partial charge is 0.0562 e. The van der Waals surface area contributed by atoms with Crippen LogP contribution in [-0.4, -0.2) is 4.57 Å². The molecule has 0 radical (unpaired) electrons. The molecule has 0 amide bonds. The van der Waals surface area contributed by atoms with E-state index in [1.807, 2.05) is 0 Å². The number of hydrogen-bond acceptors (Lipinski definition) is 1. The lowest BCUT2D eigenvalue weighted by atomic mass is 9.91. The highest BCUT2D eigenvalue weighted by molar-refractivity contribution is 6.11. The van der Waals surface area contributed by atoms with Gasteiger partial charge in [-0.05, 0) is 98.2 Å². The minimum atomic E-state index is 1.08. The van der Waals surface area contributed by atoms with Crippen molar-refractivity contribution in [1.82, 2.24) is 4.57 Å². The quantitative estimate of drug-likeness (QED) is 0.150. The predicted octanol–water partition coefficient (Wildman–Crippen LogP) is 16.1. The average molecular weight is 765 g/mol.